The highest BCUT2D eigenvalue weighted by atomic mass is 16.7. The highest BCUT2D eigenvalue weighted by Gasteiger charge is 2.60. The summed E-state index contributed by atoms with van der Waals surface area (Å²) in [7, 11) is 0. The zero-order chi connectivity index (χ0) is 14.4. The molecule has 4 heteroatoms. The lowest BCUT2D eigenvalue weighted by molar-refractivity contribution is -0.310. The Bertz CT molecular complexity index is 354. The van der Waals surface area contributed by atoms with Crippen molar-refractivity contribution < 1.29 is 19.4 Å². The Kier molecular flexibility index (Phi) is 3.94. The van der Waals surface area contributed by atoms with E-state index in [1.165, 1.54) is 0 Å². The van der Waals surface area contributed by atoms with Crippen LogP contribution in [0.15, 0.2) is 0 Å². The molecule has 110 valence electrons. The number of aliphatic hydroxyl groups is 1. The molecule has 2 rings (SSSR count). The van der Waals surface area contributed by atoms with E-state index in [-0.39, 0.29) is 29.8 Å². The van der Waals surface area contributed by atoms with Crippen molar-refractivity contribution >= 4 is 5.97 Å². The van der Waals surface area contributed by atoms with E-state index in [4.69, 9.17) is 9.47 Å². The predicted octanol–water partition coefficient (Wildman–Crippen LogP) is 2.34. The van der Waals surface area contributed by atoms with Crippen molar-refractivity contribution in [2.24, 2.45) is 23.7 Å². The summed E-state index contributed by atoms with van der Waals surface area (Å²) < 4.78 is 11.1. The van der Waals surface area contributed by atoms with E-state index in [1.807, 2.05) is 27.7 Å². The molecule has 0 amide bonds. The standard InChI is InChI=1S/C15H26O4/c1-8(2)18-14-15(17)11(5)9(3)6-7-12(15)10(4)13(16)19-14/h8-12,14,17H,6-7H2,1-5H3/t9?,10?,11?,12?,14?,15-/m0/s1. The van der Waals surface area contributed by atoms with Gasteiger partial charge in [0.15, 0.2) is 0 Å². The Morgan fingerprint density at radius 3 is 2.53 bits per heavy atom. The molecule has 5 unspecified atom stereocenters. The second-order valence-electron chi connectivity index (χ2n) is 6.58. The molecule has 1 aliphatic heterocycles. The van der Waals surface area contributed by atoms with Crippen molar-refractivity contribution in [3.8, 4) is 0 Å². The molecular formula is C15H26O4. The van der Waals surface area contributed by atoms with Gasteiger partial charge in [0.2, 0.25) is 6.29 Å². The second kappa shape index (κ2) is 5.06. The lowest BCUT2D eigenvalue weighted by Crippen LogP contribution is -2.65. The van der Waals surface area contributed by atoms with Crippen LogP contribution in [0.2, 0.25) is 0 Å². The van der Waals surface area contributed by atoms with Crippen molar-refractivity contribution in [1.29, 1.82) is 0 Å². The van der Waals surface area contributed by atoms with Crippen LogP contribution in [0.5, 0.6) is 0 Å². The molecule has 1 heterocycles. The smallest absolute Gasteiger partial charge is 0.311 e. The number of carbonyl (C=O) groups is 1. The van der Waals surface area contributed by atoms with E-state index >= 15 is 0 Å². The quantitative estimate of drug-likeness (QED) is 0.783. The number of hydrogen-bond acceptors (Lipinski definition) is 4. The van der Waals surface area contributed by atoms with E-state index in [1.54, 1.807) is 0 Å². The van der Waals surface area contributed by atoms with Gasteiger partial charge in [0.05, 0.1) is 12.0 Å². The molecule has 0 radical (unpaired) electrons. The third-order valence-electron chi connectivity index (χ3n) is 5.08. The molecule has 19 heavy (non-hydrogen) atoms. The molecule has 0 aromatic heterocycles. The lowest BCUT2D eigenvalue weighted by Gasteiger charge is -2.54. The van der Waals surface area contributed by atoms with E-state index in [0.717, 1.165) is 12.8 Å². The molecule has 0 bridgehead atoms. The number of ether oxygens (including phenoxy) is 2. The minimum Gasteiger partial charge on any atom is -0.432 e. The maximum absolute atomic E-state index is 12.0. The fourth-order valence-corrected chi connectivity index (χ4v) is 3.61. The van der Waals surface area contributed by atoms with Crippen LogP contribution < -0.4 is 0 Å². The third-order valence-corrected chi connectivity index (χ3v) is 5.08. The molecule has 0 aromatic carbocycles. The maximum atomic E-state index is 12.0. The van der Waals surface area contributed by atoms with Gasteiger partial charge in [0.25, 0.3) is 0 Å². The Balaban J connectivity index is 2.35. The molecule has 1 aliphatic carbocycles. The molecule has 6 atom stereocenters. The zero-order valence-corrected chi connectivity index (χ0v) is 12.6. The summed E-state index contributed by atoms with van der Waals surface area (Å²) in [6, 6.07) is 0. The van der Waals surface area contributed by atoms with Crippen molar-refractivity contribution in [1.82, 2.24) is 0 Å². The topological polar surface area (TPSA) is 55.8 Å². The van der Waals surface area contributed by atoms with E-state index in [9.17, 15) is 9.90 Å². The first-order valence-corrected chi connectivity index (χ1v) is 7.36. The van der Waals surface area contributed by atoms with Crippen LogP contribution in [0.3, 0.4) is 0 Å². The van der Waals surface area contributed by atoms with Gasteiger partial charge in [-0.2, -0.15) is 0 Å². The monoisotopic (exact) mass is 270 g/mol. The van der Waals surface area contributed by atoms with Crippen molar-refractivity contribution in [3.05, 3.63) is 0 Å². The van der Waals surface area contributed by atoms with Crippen molar-refractivity contribution in [2.75, 3.05) is 0 Å². The Morgan fingerprint density at radius 2 is 1.95 bits per heavy atom. The third kappa shape index (κ3) is 2.29. The fourth-order valence-electron chi connectivity index (χ4n) is 3.61. The molecule has 1 saturated heterocycles. The molecule has 1 saturated carbocycles. The molecule has 0 aromatic rings. The summed E-state index contributed by atoms with van der Waals surface area (Å²) >= 11 is 0. The van der Waals surface area contributed by atoms with Crippen LogP contribution in [0.1, 0.15) is 47.5 Å². The van der Waals surface area contributed by atoms with Crippen LogP contribution >= 0.6 is 0 Å². The van der Waals surface area contributed by atoms with Crippen molar-refractivity contribution in [2.45, 2.75) is 65.5 Å². The molecule has 1 N–H and O–H groups in total. The van der Waals surface area contributed by atoms with Gasteiger partial charge >= 0.3 is 5.97 Å². The van der Waals surface area contributed by atoms with E-state index < -0.39 is 11.9 Å². The molecule has 4 nitrogen and oxygen atoms in total. The summed E-state index contributed by atoms with van der Waals surface area (Å²) in [6.07, 6.45) is 0.982. The van der Waals surface area contributed by atoms with Gasteiger partial charge in [0, 0.05) is 5.92 Å². The van der Waals surface area contributed by atoms with E-state index in [2.05, 4.69) is 6.92 Å². The average Bonchev–Trinajstić information content (AvgIpc) is 2.32. The van der Waals surface area contributed by atoms with Gasteiger partial charge < -0.3 is 14.6 Å². The van der Waals surface area contributed by atoms with Gasteiger partial charge in [-0.25, -0.2) is 0 Å². The number of rotatable bonds is 2. The number of esters is 1. The number of hydrogen-bond donors (Lipinski definition) is 1. The highest BCUT2D eigenvalue weighted by Crippen LogP contribution is 2.50. The van der Waals surface area contributed by atoms with Crippen LogP contribution in [0.4, 0.5) is 0 Å². The van der Waals surface area contributed by atoms with Crippen LogP contribution in [0.25, 0.3) is 0 Å². The Hall–Kier alpha value is -0.610. The normalized spacial score (nSPS) is 46.9. The lowest BCUT2D eigenvalue weighted by atomic mass is 9.60. The van der Waals surface area contributed by atoms with Crippen LogP contribution in [-0.2, 0) is 14.3 Å². The van der Waals surface area contributed by atoms with Gasteiger partial charge in [-0.15, -0.1) is 0 Å². The maximum Gasteiger partial charge on any atom is 0.311 e. The van der Waals surface area contributed by atoms with Gasteiger partial charge in [0.1, 0.15) is 5.60 Å². The van der Waals surface area contributed by atoms with E-state index in [0.29, 0.717) is 5.92 Å². The highest BCUT2D eigenvalue weighted by molar-refractivity contribution is 5.74. The average molecular weight is 270 g/mol. The predicted molar refractivity (Wildman–Crippen MR) is 71.3 cm³/mol. The Labute approximate surface area is 115 Å². The largest absolute Gasteiger partial charge is 0.432 e. The van der Waals surface area contributed by atoms with Gasteiger partial charge in [-0.1, -0.05) is 20.8 Å². The summed E-state index contributed by atoms with van der Waals surface area (Å²) in [5, 5.41) is 11.2. The minimum absolute atomic E-state index is 0.0607. The minimum atomic E-state index is -1.06. The molecule has 2 fully saturated rings. The molecular weight excluding hydrogens is 244 g/mol. The van der Waals surface area contributed by atoms with Crippen LogP contribution in [-0.4, -0.2) is 29.1 Å². The number of fused-ring (bicyclic) bond motifs is 1. The first kappa shape index (κ1) is 14.8. The second-order valence-corrected chi connectivity index (χ2v) is 6.58. The first-order valence-electron chi connectivity index (χ1n) is 7.36. The first-order chi connectivity index (χ1) is 8.78. The fraction of sp³-hybridized carbons (Fsp3) is 0.933. The SMILES string of the molecule is CC(C)OC1OC(=O)C(C)C2CCC(C)C(C)[C@@]12O. The number of cyclic esters (lactones) is 1. The van der Waals surface area contributed by atoms with Crippen LogP contribution in [0, 0.1) is 23.7 Å². The Morgan fingerprint density at radius 1 is 1.32 bits per heavy atom. The molecule has 2 aliphatic rings. The summed E-state index contributed by atoms with van der Waals surface area (Å²) in [4.78, 5) is 12.0. The summed E-state index contributed by atoms with van der Waals surface area (Å²) in [5.41, 5.74) is -1.06. The number of carbonyl (C=O) groups excluding carboxylic acids is 1. The molecule has 0 spiro atoms. The summed E-state index contributed by atoms with van der Waals surface area (Å²) in [5.74, 6) is -0.105. The zero-order valence-electron chi connectivity index (χ0n) is 12.6. The van der Waals surface area contributed by atoms with Crippen molar-refractivity contribution in [3.63, 3.8) is 0 Å². The van der Waals surface area contributed by atoms with Gasteiger partial charge in [-0.3, -0.25) is 4.79 Å². The van der Waals surface area contributed by atoms with Gasteiger partial charge in [-0.05, 0) is 38.5 Å². The summed E-state index contributed by atoms with van der Waals surface area (Å²) in [6.45, 7) is 9.82.